The van der Waals surface area contributed by atoms with Crippen molar-refractivity contribution in [3.05, 3.63) is 35.5 Å². The summed E-state index contributed by atoms with van der Waals surface area (Å²) in [5.41, 5.74) is 0.972. The lowest BCUT2D eigenvalue weighted by molar-refractivity contribution is 0.362. The van der Waals surface area contributed by atoms with Gasteiger partial charge in [0.1, 0.15) is 5.82 Å². The molecule has 0 spiro atoms. The molecule has 0 saturated heterocycles. The van der Waals surface area contributed by atoms with Crippen LogP contribution in [-0.4, -0.2) is 26.9 Å². The van der Waals surface area contributed by atoms with Gasteiger partial charge in [0, 0.05) is 25.1 Å². The van der Waals surface area contributed by atoms with Gasteiger partial charge in [-0.3, -0.25) is 0 Å². The summed E-state index contributed by atoms with van der Waals surface area (Å²) < 4.78 is 7.22. The van der Waals surface area contributed by atoms with Crippen LogP contribution in [0.15, 0.2) is 18.2 Å². The fourth-order valence-corrected chi connectivity index (χ4v) is 2.70. The molecule has 0 amide bonds. The summed E-state index contributed by atoms with van der Waals surface area (Å²) in [4.78, 5) is 9.16. The monoisotopic (exact) mass is 301 g/mol. The Kier molecular flexibility index (Phi) is 4.38. The van der Waals surface area contributed by atoms with Crippen LogP contribution in [0.4, 0.5) is 0 Å². The first kappa shape index (κ1) is 15.0. The van der Waals surface area contributed by atoms with Crippen molar-refractivity contribution < 1.29 is 4.74 Å². The molecule has 22 heavy (non-hydrogen) atoms. The minimum Gasteiger partial charge on any atom is -0.481 e. The standard InChI is InChI=1S/C16H23N5O/c1-11(2)15-19-16-13(7-5-9-21(16)20-15)17-10-12-6-4-8-14(18-12)22-3/h4,6,8,11,13,17H,5,7,9-10H2,1-3H3. The maximum Gasteiger partial charge on any atom is 0.213 e. The molecule has 2 aromatic rings. The largest absolute Gasteiger partial charge is 0.481 e. The van der Waals surface area contributed by atoms with Gasteiger partial charge in [-0.05, 0) is 18.9 Å². The molecule has 6 heteroatoms. The molecule has 3 rings (SSSR count). The molecular weight excluding hydrogens is 278 g/mol. The predicted octanol–water partition coefficient (Wildman–Crippen LogP) is 2.43. The smallest absolute Gasteiger partial charge is 0.213 e. The van der Waals surface area contributed by atoms with Gasteiger partial charge < -0.3 is 10.1 Å². The van der Waals surface area contributed by atoms with Crippen LogP contribution in [-0.2, 0) is 13.1 Å². The highest BCUT2D eigenvalue weighted by atomic mass is 16.5. The second-order valence-electron chi connectivity index (χ2n) is 5.95. The Morgan fingerprint density at radius 3 is 3.00 bits per heavy atom. The Labute approximate surface area is 130 Å². The molecule has 1 unspecified atom stereocenters. The maximum absolute atomic E-state index is 5.17. The number of pyridine rings is 1. The number of aromatic nitrogens is 4. The van der Waals surface area contributed by atoms with Crippen LogP contribution in [0.1, 0.15) is 56.0 Å². The summed E-state index contributed by atoms with van der Waals surface area (Å²) in [5, 5.41) is 8.17. The number of nitrogens with one attached hydrogen (secondary N) is 1. The van der Waals surface area contributed by atoms with E-state index in [0.717, 1.165) is 36.7 Å². The van der Waals surface area contributed by atoms with E-state index in [4.69, 9.17) is 9.72 Å². The third-order valence-corrected chi connectivity index (χ3v) is 3.93. The molecule has 118 valence electrons. The number of fused-ring (bicyclic) bond motifs is 1. The number of hydrogen-bond donors (Lipinski definition) is 1. The summed E-state index contributed by atoms with van der Waals surface area (Å²) in [6.07, 6.45) is 2.21. The summed E-state index contributed by atoms with van der Waals surface area (Å²) >= 11 is 0. The molecule has 1 aliphatic rings. The highest BCUT2D eigenvalue weighted by Gasteiger charge is 2.24. The second kappa shape index (κ2) is 6.44. The summed E-state index contributed by atoms with van der Waals surface area (Å²) in [5.74, 6) is 2.99. The molecule has 0 bridgehead atoms. The zero-order valence-corrected chi connectivity index (χ0v) is 13.4. The lowest BCUT2D eigenvalue weighted by Gasteiger charge is -2.23. The van der Waals surface area contributed by atoms with Crippen molar-refractivity contribution in [3.8, 4) is 5.88 Å². The first-order chi connectivity index (χ1) is 10.7. The number of ether oxygens (including phenoxy) is 1. The lowest BCUT2D eigenvalue weighted by atomic mass is 10.1. The van der Waals surface area contributed by atoms with Crippen molar-refractivity contribution in [2.24, 2.45) is 0 Å². The zero-order valence-electron chi connectivity index (χ0n) is 13.4. The van der Waals surface area contributed by atoms with Gasteiger partial charge in [0.2, 0.25) is 5.88 Å². The molecule has 0 fully saturated rings. The first-order valence-corrected chi connectivity index (χ1v) is 7.85. The van der Waals surface area contributed by atoms with Gasteiger partial charge in [0.25, 0.3) is 0 Å². The Morgan fingerprint density at radius 2 is 2.23 bits per heavy atom. The first-order valence-electron chi connectivity index (χ1n) is 7.85. The molecule has 3 heterocycles. The molecular formula is C16H23N5O. The van der Waals surface area contributed by atoms with Crippen LogP contribution in [0.2, 0.25) is 0 Å². The van der Waals surface area contributed by atoms with E-state index < -0.39 is 0 Å². The highest BCUT2D eigenvalue weighted by molar-refractivity contribution is 5.16. The quantitative estimate of drug-likeness (QED) is 0.919. The molecule has 6 nitrogen and oxygen atoms in total. The van der Waals surface area contributed by atoms with Crippen LogP contribution in [0, 0.1) is 0 Å². The van der Waals surface area contributed by atoms with Crippen molar-refractivity contribution >= 4 is 0 Å². The van der Waals surface area contributed by atoms with Gasteiger partial charge in [-0.2, -0.15) is 5.10 Å². The van der Waals surface area contributed by atoms with Crippen molar-refractivity contribution in [2.45, 2.75) is 51.7 Å². The average molecular weight is 301 g/mol. The van der Waals surface area contributed by atoms with Crippen LogP contribution >= 0.6 is 0 Å². The van der Waals surface area contributed by atoms with Crippen LogP contribution < -0.4 is 10.1 Å². The lowest BCUT2D eigenvalue weighted by Crippen LogP contribution is -2.28. The number of rotatable bonds is 5. The molecule has 0 aromatic carbocycles. The van der Waals surface area contributed by atoms with E-state index in [-0.39, 0.29) is 6.04 Å². The predicted molar refractivity (Wildman–Crippen MR) is 83.7 cm³/mol. The van der Waals surface area contributed by atoms with E-state index in [0.29, 0.717) is 18.3 Å². The fraction of sp³-hybridized carbons (Fsp3) is 0.562. The van der Waals surface area contributed by atoms with E-state index in [9.17, 15) is 0 Å². The SMILES string of the molecule is COc1cccc(CNC2CCCn3nc(C(C)C)nc32)n1. The molecule has 2 aromatic heterocycles. The third kappa shape index (κ3) is 3.11. The molecule has 1 atom stereocenters. The molecule has 0 saturated carbocycles. The minimum absolute atomic E-state index is 0.238. The van der Waals surface area contributed by atoms with Gasteiger partial charge in [0.05, 0.1) is 18.8 Å². The normalized spacial score (nSPS) is 17.5. The zero-order chi connectivity index (χ0) is 15.5. The third-order valence-electron chi connectivity index (χ3n) is 3.93. The Hall–Kier alpha value is -1.95. The van der Waals surface area contributed by atoms with E-state index >= 15 is 0 Å². The van der Waals surface area contributed by atoms with Crippen molar-refractivity contribution in [2.75, 3.05) is 7.11 Å². The van der Waals surface area contributed by atoms with E-state index in [2.05, 4.69) is 33.9 Å². The van der Waals surface area contributed by atoms with Gasteiger partial charge in [-0.1, -0.05) is 19.9 Å². The van der Waals surface area contributed by atoms with Gasteiger partial charge >= 0.3 is 0 Å². The molecule has 1 N–H and O–H groups in total. The van der Waals surface area contributed by atoms with Crippen molar-refractivity contribution in [3.63, 3.8) is 0 Å². The Balaban J connectivity index is 1.71. The maximum atomic E-state index is 5.17. The van der Waals surface area contributed by atoms with Crippen LogP contribution in [0.5, 0.6) is 5.88 Å². The summed E-state index contributed by atoms with van der Waals surface area (Å²) in [6.45, 7) is 5.92. The topological polar surface area (TPSA) is 64.9 Å². The van der Waals surface area contributed by atoms with Crippen molar-refractivity contribution in [1.82, 2.24) is 25.1 Å². The number of nitrogens with zero attached hydrogens (tertiary/aromatic N) is 4. The van der Waals surface area contributed by atoms with E-state index in [1.54, 1.807) is 7.11 Å². The number of hydrogen-bond acceptors (Lipinski definition) is 5. The highest BCUT2D eigenvalue weighted by Crippen LogP contribution is 2.25. The van der Waals surface area contributed by atoms with Crippen LogP contribution in [0.25, 0.3) is 0 Å². The molecule has 1 aliphatic heterocycles. The summed E-state index contributed by atoms with van der Waals surface area (Å²) in [7, 11) is 1.64. The minimum atomic E-state index is 0.238. The van der Waals surface area contributed by atoms with Gasteiger partial charge in [0.15, 0.2) is 5.82 Å². The Morgan fingerprint density at radius 1 is 1.36 bits per heavy atom. The summed E-state index contributed by atoms with van der Waals surface area (Å²) in [6, 6.07) is 6.06. The molecule has 0 aliphatic carbocycles. The van der Waals surface area contributed by atoms with E-state index in [1.165, 1.54) is 0 Å². The number of aryl methyl sites for hydroxylation is 1. The Bertz CT molecular complexity index is 637. The van der Waals surface area contributed by atoms with Crippen molar-refractivity contribution in [1.29, 1.82) is 0 Å². The van der Waals surface area contributed by atoms with Crippen LogP contribution in [0.3, 0.4) is 0 Å². The second-order valence-corrected chi connectivity index (χ2v) is 5.95. The average Bonchev–Trinajstić information content (AvgIpc) is 2.98. The molecule has 0 radical (unpaired) electrons. The van der Waals surface area contributed by atoms with E-state index in [1.807, 2.05) is 18.2 Å². The van der Waals surface area contributed by atoms with Gasteiger partial charge in [-0.15, -0.1) is 0 Å². The van der Waals surface area contributed by atoms with Gasteiger partial charge in [-0.25, -0.2) is 14.6 Å². The fourth-order valence-electron chi connectivity index (χ4n) is 2.70. The number of methoxy groups -OCH3 is 1.